The number of nitro benzene ring substituents is 1. The van der Waals surface area contributed by atoms with E-state index in [0.717, 1.165) is 45.0 Å². The fraction of sp³-hybridized carbons (Fsp3) is 0.708. The van der Waals surface area contributed by atoms with Crippen LogP contribution in [0, 0.1) is 16.0 Å². The predicted molar refractivity (Wildman–Crippen MR) is 121 cm³/mol. The van der Waals surface area contributed by atoms with E-state index < -0.39 is 22.4 Å². The van der Waals surface area contributed by atoms with Gasteiger partial charge in [-0.3, -0.25) is 14.9 Å². The van der Waals surface area contributed by atoms with Crippen molar-refractivity contribution >= 4 is 11.6 Å². The molecule has 2 aliphatic heterocycles. The van der Waals surface area contributed by atoms with Crippen LogP contribution >= 0.6 is 0 Å². The van der Waals surface area contributed by atoms with E-state index in [9.17, 15) is 28.1 Å². The summed E-state index contributed by atoms with van der Waals surface area (Å²) in [5.74, 6) is -0.235. The summed E-state index contributed by atoms with van der Waals surface area (Å²) in [7, 11) is 0. The molecule has 2 fully saturated rings. The highest BCUT2D eigenvalue weighted by Gasteiger charge is 2.38. The maximum Gasteiger partial charge on any atom is 0.416 e. The minimum atomic E-state index is -4.68. The lowest BCUT2D eigenvalue weighted by Crippen LogP contribution is -2.42. The van der Waals surface area contributed by atoms with Gasteiger partial charge in [0, 0.05) is 55.9 Å². The molecule has 10 heteroatoms. The van der Waals surface area contributed by atoms with Gasteiger partial charge in [-0.15, -0.1) is 0 Å². The summed E-state index contributed by atoms with van der Waals surface area (Å²) < 4.78 is 45.0. The summed E-state index contributed by atoms with van der Waals surface area (Å²) in [6.45, 7) is 6.00. The molecule has 4 rings (SSSR count). The maximum atomic E-state index is 13.2. The Hall–Kier alpha value is -2.20. The molecule has 1 N–H and O–H groups in total. The van der Waals surface area contributed by atoms with Gasteiger partial charge in [-0.05, 0) is 50.2 Å². The van der Waals surface area contributed by atoms with Gasteiger partial charge in [-0.25, -0.2) is 0 Å². The molecule has 2 atom stereocenters. The number of alkyl halides is 3. The van der Waals surface area contributed by atoms with E-state index in [0.29, 0.717) is 24.1 Å². The Morgan fingerprint density at radius 1 is 1.18 bits per heavy atom. The van der Waals surface area contributed by atoms with Crippen LogP contribution in [0.15, 0.2) is 12.1 Å². The van der Waals surface area contributed by atoms with Crippen molar-refractivity contribution in [3.63, 3.8) is 0 Å². The summed E-state index contributed by atoms with van der Waals surface area (Å²) in [4.78, 5) is 25.2. The highest BCUT2D eigenvalue weighted by atomic mass is 19.4. The molecular formula is C24H34F3N3O4. The Morgan fingerprint density at radius 3 is 2.47 bits per heavy atom. The highest BCUT2D eigenvalue weighted by molar-refractivity contribution is 5.79. The third kappa shape index (κ3) is 6.47. The van der Waals surface area contributed by atoms with E-state index in [2.05, 4.69) is 19.2 Å². The molecule has 1 saturated heterocycles. The number of hydrogen-bond acceptors (Lipinski definition) is 5. The van der Waals surface area contributed by atoms with Gasteiger partial charge in [-0.2, -0.15) is 13.2 Å². The first-order valence-electron chi connectivity index (χ1n) is 12.1. The molecule has 2 heterocycles. The number of rotatable bonds is 4. The molecule has 1 amide bonds. The normalized spacial score (nSPS) is 23.1. The van der Waals surface area contributed by atoms with Gasteiger partial charge in [-0.1, -0.05) is 20.3 Å². The van der Waals surface area contributed by atoms with Gasteiger partial charge in [0.25, 0.3) is 5.69 Å². The van der Waals surface area contributed by atoms with E-state index in [1.807, 2.05) is 0 Å². The number of carbonyl (C=O) groups is 1. The number of hydrogen-bond donors (Lipinski definition) is 1. The first-order valence-corrected chi connectivity index (χ1v) is 12.1. The molecule has 0 radical (unpaired) electrons. The quantitative estimate of drug-likeness (QED) is 0.487. The molecule has 2 unspecified atom stereocenters. The van der Waals surface area contributed by atoms with Crippen LogP contribution < -0.4 is 5.32 Å². The SMILES string of the molecule is CCC.O=C(C1CCC(NC2CCOCC2)C1)N1CCc2c(cc(C(F)(F)F)cc2[N+](=O)[O-])C1. The second-order valence-corrected chi connectivity index (χ2v) is 9.37. The van der Waals surface area contributed by atoms with E-state index in [1.54, 1.807) is 4.90 Å². The molecular weight excluding hydrogens is 451 g/mol. The number of fused-ring (bicyclic) bond motifs is 1. The standard InChI is InChI=1S/C21H26F3N3O4.C3H8/c22-21(23,24)15-9-14-12-26(6-3-18(14)19(11-15)27(29)30)20(28)13-1-2-17(10-13)25-16-4-7-31-8-5-16;1-3-2/h9,11,13,16-17,25H,1-8,10,12H2;3H2,1-2H3. The van der Waals surface area contributed by atoms with Crippen LogP contribution in [0.4, 0.5) is 18.9 Å². The Bertz CT molecular complexity index is 872. The largest absolute Gasteiger partial charge is 0.416 e. The number of ether oxygens (including phenoxy) is 1. The second kappa shape index (κ2) is 11.5. The lowest BCUT2D eigenvalue weighted by molar-refractivity contribution is -0.385. The third-order valence-corrected chi connectivity index (χ3v) is 6.62. The minimum absolute atomic E-state index is 0.0204. The van der Waals surface area contributed by atoms with Crippen molar-refractivity contribution in [1.82, 2.24) is 10.2 Å². The second-order valence-electron chi connectivity index (χ2n) is 9.37. The number of nitrogens with one attached hydrogen (secondary N) is 1. The average molecular weight is 486 g/mol. The Morgan fingerprint density at radius 2 is 1.85 bits per heavy atom. The molecule has 3 aliphatic rings. The lowest BCUT2D eigenvalue weighted by atomic mass is 9.94. The van der Waals surface area contributed by atoms with E-state index >= 15 is 0 Å². The molecule has 190 valence electrons. The number of nitrogens with zero attached hydrogens (tertiary/aromatic N) is 2. The molecule has 34 heavy (non-hydrogen) atoms. The van der Waals surface area contributed by atoms with Crippen molar-refractivity contribution in [3.05, 3.63) is 38.9 Å². The van der Waals surface area contributed by atoms with Gasteiger partial charge in [0.05, 0.1) is 10.5 Å². The topological polar surface area (TPSA) is 84.7 Å². The molecule has 1 aromatic rings. The van der Waals surface area contributed by atoms with Crippen molar-refractivity contribution < 1.29 is 27.6 Å². The van der Waals surface area contributed by atoms with Gasteiger partial charge in [0.2, 0.25) is 5.91 Å². The van der Waals surface area contributed by atoms with Crippen LogP contribution in [-0.2, 0) is 28.7 Å². The Labute approximate surface area is 198 Å². The zero-order valence-corrected chi connectivity index (χ0v) is 19.8. The molecule has 7 nitrogen and oxygen atoms in total. The number of nitro groups is 1. The molecule has 1 saturated carbocycles. The first kappa shape index (κ1) is 26.4. The number of carbonyl (C=O) groups excluding carboxylic acids is 1. The van der Waals surface area contributed by atoms with Crippen molar-refractivity contribution in [3.8, 4) is 0 Å². The summed E-state index contributed by atoms with van der Waals surface area (Å²) >= 11 is 0. The molecule has 0 aromatic heterocycles. The van der Waals surface area contributed by atoms with Crippen LogP contribution in [0.1, 0.15) is 69.1 Å². The molecule has 0 spiro atoms. The zero-order chi connectivity index (χ0) is 24.9. The van der Waals surface area contributed by atoms with Gasteiger partial charge < -0.3 is 15.0 Å². The van der Waals surface area contributed by atoms with Gasteiger partial charge in [0.15, 0.2) is 0 Å². The van der Waals surface area contributed by atoms with E-state index in [4.69, 9.17) is 4.74 Å². The van der Waals surface area contributed by atoms with Crippen LogP contribution in [0.25, 0.3) is 0 Å². The van der Waals surface area contributed by atoms with Crippen LogP contribution in [0.2, 0.25) is 0 Å². The van der Waals surface area contributed by atoms with Crippen molar-refractivity contribution in [2.75, 3.05) is 19.8 Å². The third-order valence-electron chi connectivity index (χ3n) is 6.62. The van der Waals surface area contributed by atoms with E-state index in [-0.39, 0.29) is 42.9 Å². The van der Waals surface area contributed by atoms with Crippen LogP contribution in [-0.4, -0.2) is 47.6 Å². The zero-order valence-electron chi connectivity index (χ0n) is 19.8. The average Bonchev–Trinajstić information content (AvgIpc) is 3.26. The fourth-order valence-electron chi connectivity index (χ4n) is 5.00. The summed E-state index contributed by atoms with van der Waals surface area (Å²) in [5, 5.41) is 14.9. The highest BCUT2D eigenvalue weighted by Crippen LogP contribution is 2.38. The number of amides is 1. The fourth-order valence-corrected chi connectivity index (χ4v) is 5.00. The van der Waals surface area contributed by atoms with Crippen LogP contribution in [0.5, 0.6) is 0 Å². The predicted octanol–water partition coefficient (Wildman–Crippen LogP) is 4.85. The Balaban J connectivity index is 0.00000103. The number of halogens is 3. The molecule has 1 aromatic carbocycles. The minimum Gasteiger partial charge on any atom is -0.381 e. The van der Waals surface area contributed by atoms with Gasteiger partial charge >= 0.3 is 6.18 Å². The molecule has 1 aliphatic carbocycles. The lowest BCUT2D eigenvalue weighted by Gasteiger charge is -2.31. The smallest absolute Gasteiger partial charge is 0.381 e. The summed E-state index contributed by atoms with van der Waals surface area (Å²) in [6.07, 6.45) is 1.01. The molecule has 0 bridgehead atoms. The maximum absolute atomic E-state index is 13.2. The van der Waals surface area contributed by atoms with E-state index in [1.165, 1.54) is 6.42 Å². The first-order chi connectivity index (χ1) is 16.1. The Kier molecular flexibility index (Phi) is 8.92. The van der Waals surface area contributed by atoms with Crippen molar-refractivity contribution in [2.45, 2.75) is 83.6 Å². The van der Waals surface area contributed by atoms with Crippen LogP contribution in [0.3, 0.4) is 0 Å². The number of benzene rings is 1. The monoisotopic (exact) mass is 485 g/mol. The van der Waals surface area contributed by atoms with Gasteiger partial charge in [0.1, 0.15) is 0 Å². The summed E-state index contributed by atoms with van der Waals surface area (Å²) in [6, 6.07) is 2.20. The van der Waals surface area contributed by atoms with Crippen molar-refractivity contribution in [2.24, 2.45) is 5.92 Å². The van der Waals surface area contributed by atoms with Crippen molar-refractivity contribution in [1.29, 1.82) is 0 Å². The summed E-state index contributed by atoms with van der Waals surface area (Å²) in [5.41, 5.74) is -1.05.